The smallest absolute Gasteiger partial charge is 0.378 e. The first kappa shape index (κ1) is 20.4. The predicted molar refractivity (Wildman–Crippen MR) is 110 cm³/mol. The van der Waals surface area contributed by atoms with E-state index in [2.05, 4.69) is 20.1 Å². The highest BCUT2D eigenvalue weighted by atomic mass is 19.4. The van der Waals surface area contributed by atoms with Crippen molar-refractivity contribution >= 4 is 17.0 Å². The highest BCUT2D eigenvalue weighted by molar-refractivity contribution is 5.88. The molecule has 0 atom stereocenters. The summed E-state index contributed by atoms with van der Waals surface area (Å²) in [6, 6.07) is 5.18. The van der Waals surface area contributed by atoms with E-state index in [9.17, 15) is 13.2 Å². The van der Waals surface area contributed by atoms with Crippen molar-refractivity contribution in [2.75, 3.05) is 31.2 Å². The summed E-state index contributed by atoms with van der Waals surface area (Å²) >= 11 is 0. The van der Waals surface area contributed by atoms with Crippen LogP contribution in [0.4, 0.5) is 19.0 Å². The van der Waals surface area contributed by atoms with Crippen LogP contribution < -0.4 is 4.90 Å². The molecule has 32 heavy (non-hydrogen) atoms. The van der Waals surface area contributed by atoms with Crippen molar-refractivity contribution in [2.24, 2.45) is 7.05 Å². The average Bonchev–Trinajstić information content (AvgIpc) is 3.38. The lowest BCUT2D eigenvalue weighted by atomic mass is 10.2. The van der Waals surface area contributed by atoms with Crippen molar-refractivity contribution in [1.29, 1.82) is 0 Å². The van der Waals surface area contributed by atoms with E-state index in [0.717, 1.165) is 10.2 Å². The third-order valence-corrected chi connectivity index (χ3v) is 5.16. The third kappa shape index (κ3) is 3.88. The number of hydrogen-bond donors (Lipinski definition) is 0. The van der Waals surface area contributed by atoms with E-state index in [1.165, 1.54) is 12.3 Å². The van der Waals surface area contributed by atoms with E-state index in [0.29, 0.717) is 49.1 Å². The van der Waals surface area contributed by atoms with E-state index < -0.39 is 12.7 Å². The van der Waals surface area contributed by atoms with E-state index in [-0.39, 0.29) is 11.5 Å². The number of hydrogen-bond acceptors (Lipinski definition) is 7. The largest absolute Gasteiger partial charge is 0.408 e. The highest BCUT2D eigenvalue weighted by Crippen LogP contribution is 2.31. The Morgan fingerprint density at radius 3 is 2.50 bits per heavy atom. The fourth-order valence-corrected chi connectivity index (χ4v) is 3.67. The number of pyridine rings is 1. The van der Waals surface area contributed by atoms with Gasteiger partial charge in [-0.2, -0.15) is 18.3 Å². The Kier molecular flexibility index (Phi) is 5.00. The molecular formula is C20H19F3N8O. The molecule has 0 aliphatic carbocycles. The monoisotopic (exact) mass is 444 g/mol. The maximum atomic E-state index is 12.8. The van der Waals surface area contributed by atoms with Crippen LogP contribution in [0.2, 0.25) is 0 Å². The number of nitrogens with zero attached hydrogens (tertiary/aromatic N) is 8. The molecule has 9 nitrogen and oxygen atoms in total. The van der Waals surface area contributed by atoms with Gasteiger partial charge in [0, 0.05) is 44.3 Å². The fourth-order valence-electron chi connectivity index (χ4n) is 3.67. The second-order valence-electron chi connectivity index (χ2n) is 7.39. The zero-order valence-corrected chi connectivity index (χ0v) is 17.1. The lowest BCUT2D eigenvalue weighted by molar-refractivity contribution is -0.142. The molecule has 0 bridgehead atoms. The molecule has 0 radical (unpaired) electrons. The number of ether oxygens (including phenoxy) is 1. The van der Waals surface area contributed by atoms with Crippen LogP contribution in [0.3, 0.4) is 0 Å². The van der Waals surface area contributed by atoms with Gasteiger partial charge in [-0.3, -0.25) is 9.67 Å². The first-order valence-electron chi connectivity index (χ1n) is 9.97. The van der Waals surface area contributed by atoms with Crippen LogP contribution in [0, 0.1) is 0 Å². The summed E-state index contributed by atoms with van der Waals surface area (Å²) in [5.41, 5.74) is 2.30. The van der Waals surface area contributed by atoms with Gasteiger partial charge in [-0.25, -0.2) is 15.0 Å². The molecular weight excluding hydrogens is 425 g/mol. The average molecular weight is 444 g/mol. The minimum absolute atomic E-state index is 0.240. The second-order valence-corrected chi connectivity index (χ2v) is 7.39. The lowest BCUT2D eigenvalue weighted by Crippen LogP contribution is -2.37. The number of alkyl halides is 3. The van der Waals surface area contributed by atoms with Crippen LogP contribution in [0.25, 0.3) is 34.1 Å². The molecule has 4 aromatic rings. The molecule has 0 N–H and O–H groups in total. The summed E-state index contributed by atoms with van der Waals surface area (Å²) < 4.78 is 46.4. The number of fused-ring (bicyclic) bond motifs is 1. The number of imidazole rings is 1. The molecule has 1 saturated heterocycles. The Morgan fingerprint density at radius 2 is 1.78 bits per heavy atom. The van der Waals surface area contributed by atoms with Gasteiger partial charge >= 0.3 is 6.18 Å². The van der Waals surface area contributed by atoms with E-state index in [1.807, 2.05) is 28.6 Å². The molecule has 4 aromatic heterocycles. The summed E-state index contributed by atoms with van der Waals surface area (Å²) in [5.74, 6) is 1.53. The molecule has 0 spiro atoms. The SMILES string of the molecule is Cn1c(-c2ccncc2)nc2c(N3CCOCC3)nc(-c3ccn(CC(F)(F)F)n3)nc21. The quantitative estimate of drug-likeness (QED) is 0.478. The maximum absolute atomic E-state index is 12.8. The Morgan fingerprint density at radius 1 is 1.03 bits per heavy atom. The van der Waals surface area contributed by atoms with Crippen molar-refractivity contribution in [3.63, 3.8) is 0 Å². The van der Waals surface area contributed by atoms with Gasteiger partial charge in [0.15, 0.2) is 22.8 Å². The Bertz CT molecular complexity index is 1250. The van der Waals surface area contributed by atoms with E-state index in [1.54, 1.807) is 12.4 Å². The zero-order chi connectivity index (χ0) is 22.3. The van der Waals surface area contributed by atoms with Gasteiger partial charge in [0.05, 0.1) is 13.2 Å². The van der Waals surface area contributed by atoms with Gasteiger partial charge in [-0.05, 0) is 18.2 Å². The first-order valence-corrected chi connectivity index (χ1v) is 9.97. The van der Waals surface area contributed by atoms with Crippen LogP contribution in [0.1, 0.15) is 0 Å². The molecule has 0 amide bonds. The summed E-state index contributed by atoms with van der Waals surface area (Å²) in [6.45, 7) is 1.16. The third-order valence-electron chi connectivity index (χ3n) is 5.16. The topological polar surface area (TPSA) is 86.8 Å². The van der Waals surface area contributed by atoms with Gasteiger partial charge in [-0.15, -0.1) is 0 Å². The van der Waals surface area contributed by atoms with E-state index in [4.69, 9.17) is 9.72 Å². The van der Waals surface area contributed by atoms with Gasteiger partial charge in [0.2, 0.25) is 0 Å². The lowest BCUT2D eigenvalue weighted by Gasteiger charge is -2.28. The molecule has 166 valence electrons. The molecule has 5 heterocycles. The second kappa shape index (κ2) is 7.86. The summed E-state index contributed by atoms with van der Waals surface area (Å²) in [4.78, 5) is 20.2. The molecule has 5 rings (SSSR count). The fraction of sp³-hybridized carbons (Fsp3) is 0.350. The number of anilines is 1. The predicted octanol–water partition coefficient (Wildman–Crippen LogP) is 2.69. The summed E-state index contributed by atoms with van der Waals surface area (Å²) in [6.07, 6.45) is 0.273. The van der Waals surface area contributed by atoms with Gasteiger partial charge in [0.1, 0.15) is 18.1 Å². The molecule has 12 heteroatoms. The summed E-state index contributed by atoms with van der Waals surface area (Å²) in [5, 5.41) is 4.04. The van der Waals surface area contributed by atoms with Crippen molar-refractivity contribution in [2.45, 2.75) is 12.7 Å². The van der Waals surface area contributed by atoms with Crippen molar-refractivity contribution < 1.29 is 17.9 Å². The van der Waals surface area contributed by atoms with Crippen LogP contribution in [0.5, 0.6) is 0 Å². The van der Waals surface area contributed by atoms with Gasteiger partial charge < -0.3 is 14.2 Å². The molecule has 0 saturated carbocycles. The van der Waals surface area contributed by atoms with Crippen molar-refractivity contribution in [1.82, 2.24) is 34.3 Å². The standard InChI is InChI=1S/C20H19F3N8O/c1-29-17(13-2-5-24-6-3-13)25-15-18(29)26-16(27-19(15)30-8-10-32-11-9-30)14-4-7-31(28-14)12-20(21,22)23/h2-7H,8-12H2,1H3. The normalized spacial score (nSPS) is 14.9. The number of rotatable bonds is 4. The Hall–Kier alpha value is -3.54. The minimum atomic E-state index is -4.37. The summed E-state index contributed by atoms with van der Waals surface area (Å²) in [7, 11) is 1.84. The zero-order valence-electron chi connectivity index (χ0n) is 17.1. The van der Waals surface area contributed by atoms with Crippen molar-refractivity contribution in [3.8, 4) is 22.9 Å². The van der Waals surface area contributed by atoms with Crippen molar-refractivity contribution in [3.05, 3.63) is 36.8 Å². The molecule has 1 fully saturated rings. The molecule has 0 aromatic carbocycles. The Labute approximate surface area is 180 Å². The number of aryl methyl sites for hydroxylation is 1. The first-order chi connectivity index (χ1) is 15.4. The van der Waals surface area contributed by atoms with Gasteiger partial charge in [0.25, 0.3) is 0 Å². The maximum Gasteiger partial charge on any atom is 0.408 e. The number of morpholine rings is 1. The Balaban J connectivity index is 1.65. The number of halogens is 3. The van der Waals surface area contributed by atoms with E-state index >= 15 is 0 Å². The van der Waals surface area contributed by atoms with Gasteiger partial charge in [-0.1, -0.05) is 0 Å². The highest BCUT2D eigenvalue weighted by Gasteiger charge is 2.29. The van der Waals surface area contributed by atoms with Crippen LogP contribution in [0.15, 0.2) is 36.8 Å². The van der Waals surface area contributed by atoms with Crippen LogP contribution >= 0.6 is 0 Å². The van der Waals surface area contributed by atoms with Crippen LogP contribution in [-0.4, -0.2) is 66.8 Å². The molecule has 0 unspecified atom stereocenters. The number of aromatic nitrogens is 7. The minimum Gasteiger partial charge on any atom is -0.378 e. The van der Waals surface area contributed by atoms with Crippen LogP contribution in [-0.2, 0) is 18.3 Å². The molecule has 1 aliphatic rings. The molecule has 1 aliphatic heterocycles.